The standard InChI is InChI=1S/C10H13NO3S/c1-14-15-7-9(10(12)13)11-8-5-3-2-4-6-8/h2-6,9,11H,7H2,1H3,(H,12,13). The molecule has 82 valence electrons. The lowest BCUT2D eigenvalue weighted by Gasteiger charge is -2.14. The van der Waals surface area contributed by atoms with Gasteiger partial charge < -0.3 is 14.6 Å². The second-order valence-electron chi connectivity index (χ2n) is 2.85. The van der Waals surface area contributed by atoms with Crippen molar-refractivity contribution in [2.45, 2.75) is 6.04 Å². The number of aliphatic carboxylic acids is 1. The molecule has 0 amide bonds. The molecular weight excluding hydrogens is 214 g/mol. The van der Waals surface area contributed by atoms with Crippen LogP contribution in [-0.2, 0) is 8.98 Å². The molecule has 4 nitrogen and oxygen atoms in total. The zero-order valence-electron chi connectivity index (χ0n) is 8.34. The van der Waals surface area contributed by atoms with Crippen molar-refractivity contribution in [3.63, 3.8) is 0 Å². The molecule has 0 saturated heterocycles. The monoisotopic (exact) mass is 227 g/mol. The van der Waals surface area contributed by atoms with Gasteiger partial charge in [0.1, 0.15) is 6.04 Å². The summed E-state index contributed by atoms with van der Waals surface area (Å²) in [5, 5.41) is 11.8. The Labute approximate surface area is 92.8 Å². The highest BCUT2D eigenvalue weighted by Gasteiger charge is 2.16. The largest absolute Gasteiger partial charge is 0.480 e. The van der Waals surface area contributed by atoms with Crippen LogP contribution in [-0.4, -0.2) is 30.0 Å². The zero-order valence-corrected chi connectivity index (χ0v) is 9.16. The fourth-order valence-corrected chi connectivity index (χ4v) is 1.54. The zero-order chi connectivity index (χ0) is 11.1. The molecule has 0 fully saturated rings. The van der Waals surface area contributed by atoms with E-state index in [1.54, 1.807) is 0 Å². The number of para-hydroxylation sites is 1. The van der Waals surface area contributed by atoms with Gasteiger partial charge in [-0.05, 0) is 24.2 Å². The minimum Gasteiger partial charge on any atom is -0.480 e. The minimum atomic E-state index is -0.886. The molecule has 2 N–H and O–H groups in total. The van der Waals surface area contributed by atoms with Crippen LogP contribution in [0.2, 0.25) is 0 Å². The van der Waals surface area contributed by atoms with Crippen LogP contribution in [0.3, 0.4) is 0 Å². The molecule has 0 aliphatic heterocycles. The highest BCUT2D eigenvalue weighted by atomic mass is 32.2. The molecule has 0 saturated carbocycles. The third kappa shape index (κ3) is 4.22. The quantitative estimate of drug-likeness (QED) is 0.726. The second-order valence-corrected chi connectivity index (χ2v) is 3.75. The first-order valence-corrected chi connectivity index (χ1v) is 5.35. The summed E-state index contributed by atoms with van der Waals surface area (Å²) in [6, 6.07) is 8.60. The lowest BCUT2D eigenvalue weighted by atomic mass is 10.2. The Bertz CT molecular complexity index is 305. The smallest absolute Gasteiger partial charge is 0.327 e. The van der Waals surface area contributed by atoms with E-state index in [-0.39, 0.29) is 0 Å². The maximum Gasteiger partial charge on any atom is 0.327 e. The van der Waals surface area contributed by atoms with Gasteiger partial charge in [-0.1, -0.05) is 18.2 Å². The van der Waals surface area contributed by atoms with Gasteiger partial charge in [0.2, 0.25) is 0 Å². The van der Waals surface area contributed by atoms with Gasteiger partial charge in [-0.15, -0.1) is 0 Å². The summed E-state index contributed by atoms with van der Waals surface area (Å²) in [6.45, 7) is 0. The average molecular weight is 227 g/mol. The summed E-state index contributed by atoms with van der Waals surface area (Å²) in [4.78, 5) is 10.9. The van der Waals surface area contributed by atoms with E-state index < -0.39 is 12.0 Å². The Morgan fingerprint density at radius 1 is 1.53 bits per heavy atom. The molecule has 1 unspecified atom stereocenters. The molecule has 5 heteroatoms. The van der Waals surface area contributed by atoms with Crippen molar-refractivity contribution < 1.29 is 14.1 Å². The molecule has 1 rings (SSSR count). The molecule has 1 aromatic carbocycles. The van der Waals surface area contributed by atoms with Gasteiger partial charge in [-0.3, -0.25) is 0 Å². The van der Waals surface area contributed by atoms with E-state index in [0.29, 0.717) is 5.75 Å². The number of carboxylic acids is 1. The van der Waals surface area contributed by atoms with Crippen molar-refractivity contribution in [1.29, 1.82) is 0 Å². The number of anilines is 1. The van der Waals surface area contributed by atoms with Crippen LogP contribution in [0, 0.1) is 0 Å². The van der Waals surface area contributed by atoms with E-state index >= 15 is 0 Å². The number of carboxylic acid groups (broad SMARTS) is 1. The number of benzene rings is 1. The number of nitrogens with one attached hydrogen (secondary N) is 1. The molecule has 1 aromatic rings. The highest BCUT2D eigenvalue weighted by molar-refractivity contribution is 7.94. The molecule has 0 aliphatic rings. The topological polar surface area (TPSA) is 58.6 Å². The third-order valence-electron chi connectivity index (χ3n) is 1.77. The summed E-state index contributed by atoms with van der Waals surface area (Å²) < 4.78 is 4.77. The maximum absolute atomic E-state index is 10.9. The SMILES string of the molecule is COSCC(Nc1ccccc1)C(=O)O. The Hall–Kier alpha value is -1.20. The molecular formula is C10H13NO3S. The molecule has 1 atom stereocenters. The Balaban J connectivity index is 2.55. The van der Waals surface area contributed by atoms with Crippen LogP contribution in [0.4, 0.5) is 5.69 Å². The van der Waals surface area contributed by atoms with Gasteiger partial charge in [-0.25, -0.2) is 4.79 Å². The predicted octanol–water partition coefficient (Wildman–Crippen LogP) is 1.85. The predicted molar refractivity (Wildman–Crippen MR) is 61.0 cm³/mol. The van der Waals surface area contributed by atoms with Gasteiger partial charge in [0.05, 0.1) is 12.9 Å². The Kier molecular flexibility index (Phi) is 5.00. The van der Waals surface area contributed by atoms with Crippen LogP contribution in [0.15, 0.2) is 30.3 Å². The van der Waals surface area contributed by atoms with Crippen molar-refractivity contribution in [3.8, 4) is 0 Å². The van der Waals surface area contributed by atoms with Crippen molar-refractivity contribution in [2.75, 3.05) is 18.2 Å². The van der Waals surface area contributed by atoms with E-state index in [2.05, 4.69) is 5.32 Å². The first-order chi connectivity index (χ1) is 7.24. The first-order valence-electron chi connectivity index (χ1n) is 4.44. The number of hydrogen-bond acceptors (Lipinski definition) is 4. The third-order valence-corrected chi connectivity index (χ3v) is 2.47. The molecule has 0 bridgehead atoms. The van der Waals surface area contributed by atoms with Crippen molar-refractivity contribution >= 4 is 23.7 Å². The van der Waals surface area contributed by atoms with Crippen molar-refractivity contribution in [3.05, 3.63) is 30.3 Å². The van der Waals surface area contributed by atoms with Gasteiger partial charge in [0.25, 0.3) is 0 Å². The summed E-state index contributed by atoms with van der Waals surface area (Å²) in [5.74, 6) is -0.524. The highest BCUT2D eigenvalue weighted by Crippen LogP contribution is 2.11. The maximum atomic E-state index is 10.9. The fraction of sp³-hybridized carbons (Fsp3) is 0.300. The first kappa shape index (κ1) is 11.9. The van der Waals surface area contributed by atoms with E-state index in [9.17, 15) is 4.79 Å². The number of hydrogen-bond donors (Lipinski definition) is 2. The van der Waals surface area contributed by atoms with E-state index in [1.165, 1.54) is 7.11 Å². The minimum absolute atomic E-state index is 0.362. The van der Waals surface area contributed by atoms with Crippen LogP contribution in [0.1, 0.15) is 0 Å². The molecule has 0 heterocycles. The van der Waals surface area contributed by atoms with E-state index in [1.807, 2.05) is 30.3 Å². The fourth-order valence-electron chi connectivity index (χ4n) is 1.05. The van der Waals surface area contributed by atoms with Gasteiger partial charge in [-0.2, -0.15) is 0 Å². The summed E-state index contributed by atoms with van der Waals surface area (Å²) >= 11 is 1.12. The summed E-state index contributed by atoms with van der Waals surface area (Å²) in [7, 11) is 1.52. The van der Waals surface area contributed by atoms with Gasteiger partial charge in [0, 0.05) is 5.69 Å². The lowest BCUT2D eigenvalue weighted by Crippen LogP contribution is -2.31. The van der Waals surface area contributed by atoms with Crippen molar-refractivity contribution in [2.24, 2.45) is 0 Å². The number of carbonyl (C=O) groups is 1. The van der Waals surface area contributed by atoms with E-state index in [4.69, 9.17) is 9.29 Å². The molecule has 0 aromatic heterocycles. The lowest BCUT2D eigenvalue weighted by molar-refractivity contribution is -0.137. The van der Waals surface area contributed by atoms with Crippen LogP contribution in [0.5, 0.6) is 0 Å². The Morgan fingerprint density at radius 2 is 2.20 bits per heavy atom. The molecule has 0 aliphatic carbocycles. The number of rotatable bonds is 6. The summed E-state index contributed by atoms with van der Waals surface area (Å²) in [5.41, 5.74) is 0.793. The Morgan fingerprint density at radius 3 is 2.73 bits per heavy atom. The van der Waals surface area contributed by atoms with Crippen LogP contribution < -0.4 is 5.32 Å². The second kappa shape index (κ2) is 6.31. The molecule has 0 spiro atoms. The van der Waals surface area contributed by atoms with E-state index in [0.717, 1.165) is 17.7 Å². The normalized spacial score (nSPS) is 12.1. The molecule has 15 heavy (non-hydrogen) atoms. The molecule has 0 radical (unpaired) electrons. The summed E-state index contributed by atoms with van der Waals surface area (Å²) in [6.07, 6.45) is 0. The van der Waals surface area contributed by atoms with Crippen molar-refractivity contribution in [1.82, 2.24) is 0 Å². The van der Waals surface area contributed by atoms with Crippen LogP contribution in [0.25, 0.3) is 0 Å². The van der Waals surface area contributed by atoms with Crippen LogP contribution >= 0.6 is 12.0 Å². The van der Waals surface area contributed by atoms with Gasteiger partial charge >= 0.3 is 5.97 Å². The average Bonchev–Trinajstić information content (AvgIpc) is 2.25. The van der Waals surface area contributed by atoms with Gasteiger partial charge in [0.15, 0.2) is 0 Å².